The number of ether oxygens (including phenoxy) is 1. The van der Waals surface area contributed by atoms with Gasteiger partial charge < -0.3 is 15.0 Å². The molecule has 1 spiro atoms. The van der Waals surface area contributed by atoms with Crippen molar-refractivity contribution in [3.8, 4) is 0 Å². The smallest absolute Gasteiger partial charge is 0.353 e. The number of halogens is 3. The summed E-state index contributed by atoms with van der Waals surface area (Å²) in [6.45, 7) is 4.20. The molecule has 2 aromatic carbocycles. The molecule has 1 atom stereocenters. The Balaban J connectivity index is 1.57. The molecule has 2 aromatic rings. The minimum absolute atomic E-state index is 0.0139. The van der Waals surface area contributed by atoms with E-state index in [4.69, 9.17) is 4.74 Å². The number of benzene rings is 2. The Morgan fingerprint density at radius 2 is 1.78 bits per heavy atom. The van der Waals surface area contributed by atoms with E-state index in [0.29, 0.717) is 43.5 Å². The third-order valence-corrected chi connectivity index (χ3v) is 7.08. The Morgan fingerprint density at radius 1 is 1.08 bits per heavy atom. The topological polar surface area (TPSA) is 79.0 Å². The van der Waals surface area contributed by atoms with E-state index in [9.17, 15) is 27.6 Å². The molecule has 0 radical (unpaired) electrons. The lowest BCUT2D eigenvalue weighted by Crippen LogP contribution is -2.59. The van der Waals surface area contributed by atoms with Crippen LogP contribution in [0.4, 0.5) is 13.2 Å². The average Bonchev–Trinajstić information content (AvgIpc) is 3.25. The molecule has 1 N–H and O–H groups in total. The first kappa shape index (κ1) is 26.7. The predicted molar refractivity (Wildman–Crippen MR) is 129 cm³/mol. The highest BCUT2D eigenvalue weighted by atomic mass is 19.4. The molecule has 2 aliphatic rings. The Kier molecular flexibility index (Phi) is 7.59. The van der Waals surface area contributed by atoms with Crippen LogP contribution >= 0.6 is 0 Å². The fraction of sp³-hybridized carbons (Fsp3) is 0.444. The summed E-state index contributed by atoms with van der Waals surface area (Å²) < 4.78 is 45.4. The number of carbonyl (C=O) groups is 3. The maximum atomic E-state index is 13.8. The van der Waals surface area contributed by atoms with Crippen LogP contribution in [0.3, 0.4) is 0 Å². The number of hydrogen-bond acceptors (Lipinski definition) is 4. The van der Waals surface area contributed by atoms with Gasteiger partial charge in [0.15, 0.2) is 0 Å². The molecule has 2 fully saturated rings. The third kappa shape index (κ3) is 5.49. The zero-order chi connectivity index (χ0) is 26.8. The number of carbonyl (C=O) groups excluding carboxylic acids is 3. The maximum Gasteiger partial charge on any atom is 0.416 e. The van der Waals surface area contributed by atoms with Crippen LogP contribution < -0.4 is 5.32 Å². The van der Waals surface area contributed by atoms with Gasteiger partial charge in [-0.15, -0.1) is 0 Å². The molecular weight excluding hydrogens is 487 g/mol. The summed E-state index contributed by atoms with van der Waals surface area (Å²) in [5, 5.41) is 2.68. The van der Waals surface area contributed by atoms with E-state index in [1.165, 1.54) is 17.0 Å². The van der Waals surface area contributed by atoms with Crippen molar-refractivity contribution in [2.24, 2.45) is 0 Å². The molecule has 7 nitrogen and oxygen atoms in total. The second kappa shape index (κ2) is 10.5. The zero-order valence-electron chi connectivity index (χ0n) is 20.8. The van der Waals surface area contributed by atoms with Crippen molar-refractivity contribution < 1.29 is 32.3 Å². The van der Waals surface area contributed by atoms with E-state index in [-0.39, 0.29) is 25.0 Å². The lowest BCUT2D eigenvalue weighted by atomic mass is 9.95. The number of rotatable bonds is 5. The summed E-state index contributed by atoms with van der Waals surface area (Å²) in [7, 11) is 0. The van der Waals surface area contributed by atoms with Crippen molar-refractivity contribution in [3.05, 3.63) is 70.8 Å². The zero-order valence-corrected chi connectivity index (χ0v) is 20.8. The molecule has 0 bridgehead atoms. The largest absolute Gasteiger partial charge is 0.416 e. The van der Waals surface area contributed by atoms with Crippen molar-refractivity contribution in [1.82, 2.24) is 15.1 Å². The number of likely N-dealkylation sites (tertiary alicyclic amines) is 1. The summed E-state index contributed by atoms with van der Waals surface area (Å²) >= 11 is 0. The minimum Gasteiger partial charge on any atom is -0.353 e. The van der Waals surface area contributed by atoms with Gasteiger partial charge in [0, 0.05) is 44.5 Å². The SMILES string of the molecule is CCC(=O)N1CCC2(CC1)OC[C@@H](C(=O)NCc1cccc(C(F)(F)F)c1)N2C(=O)c1ccccc1C. The molecule has 3 amide bonds. The standard InChI is InChI=1S/C27H30F3N3O4/c1-3-23(34)32-13-11-26(12-14-32)33(25(36)21-10-5-4-7-18(21)2)22(17-37-26)24(35)31-16-19-8-6-9-20(15-19)27(28,29)30/h4-10,15,22H,3,11-14,16-17H2,1-2H3,(H,31,35)/t22-/m0/s1. The fourth-order valence-corrected chi connectivity index (χ4v) is 5.00. The van der Waals surface area contributed by atoms with Gasteiger partial charge in [-0.3, -0.25) is 19.3 Å². The van der Waals surface area contributed by atoms with Crippen LogP contribution in [0, 0.1) is 6.92 Å². The summed E-state index contributed by atoms with van der Waals surface area (Å²) in [4.78, 5) is 42.5. The van der Waals surface area contributed by atoms with E-state index >= 15 is 0 Å². The Labute approximate surface area is 213 Å². The molecule has 37 heavy (non-hydrogen) atoms. The normalized spacial score (nSPS) is 19.2. The van der Waals surface area contributed by atoms with Gasteiger partial charge in [0.2, 0.25) is 11.8 Å². The molecule has 0 aliphatic carbocycles. The van der Waals surface area contributed by atoms with E-state index in [2.05, 4.69) is 5.32 Å². The molecule has 0 saturated carbocycles. The maximum absolute atomic E-state index is 13.8. The van der Waals surface area contributed by atoms with Crippen LogP contribution in [0.2, 0.25) is 0 Å². The highest BCUT2D eigenvalue weighted by molar-refractivity contribution is 5.99. The van der Waals surface area contributed by atoms with Crippen LogP contribution in [0.1, 0.15) is 53.2 Å². The quantitative estimate of drug-likeness (QED) is 0.653. The number of amides is 3. The van der Waals surface area contributed by atoms with Crippen LogP contribution in [0.15, 0.2) is 48.5 Å². The number of hydrogen-bond donors (Lipinski definition) is 1. The van der Waals surface area contributed by atoms with Gasteiger partial charge in [-0.05, 0) is 36.2 Å². The number of piperidine rings is 1. The van der Waals surface area contributed by atoms with Gasteiger partial charge in [0.25, 0.3) is 5.91 Å². The molecule has 10 heteroatoms. The summed E-state index contributed by atoms with van der Waals surface area (Å²) in [5.74, 6) is -0.853. The summed E-state index contributed by atoms with van der Waals surface area (Å²) in [5.41, 5.74) is -0.374. The van der Waals surface area contributed by atoms with Crippen LogP contribution in [0.25, 0.3) is 0 Å². The first-order valence-electron chi connectivity index (χ1n) is 12.3. The second-order valence-electron chi connectivity index (χ2n) is 9.41. The van der Waals surface area contributed by atoms with E-state index in [1.54, 1.807) is 24.0 Å². The van der Waals surface area contributed by atoms with Crippen molar-refractivity contribution in [3.63, 3.8) is 0 Å². The van der Waals surface area contributed by atoms with Gasteiger partial charge in [0.05, 0.1) is 12.2 Å². The average molecular weight is 518 g/mol. The first-order chi connectivity index (χ1) is 17.6. The van der Waals surface area contributed by atoms with E-state index in [1.807, 2.05) is 19.1 Å². The van der Waals surface area contributed by atoms with Gasteiger partial charge in [0.1, 0.15) is 11.8 Å². The molecule has 2 heterocycles. The highest BCUT2D eigenvalue weighted by Gasteiger charge is 2.54. The summed E-state index contributed by atoms with van der Waals surface area (Å²) in [6, 6.07) is 10.8. The third-order valence-electron chi connectivity index (χ3n) is 7.08. The first-order valence-corrected chi connectivity index (χ1v) is 12.3. The number of nitrogens with one attached hydrogen (secondary N) is 1. The van der Waals surface area contributed by atoms with Crippen LogP contribution in [-0.2, 0) is 27.0 Å². The number of alkyl halides is 3. The Bertz CT molecular complexity index is 1180. The predicted octanol–water partition coefficient (Wildman–Crippen LogP) is 3.90. The van der Waals surface area contributed by atoms with Gasteiger partial charge in [-0.2, -0.15) is 13.2 Å². The molecule has 0 unspecified atom stereocenters. The van der Waals surface area contributed by atoms with Gasteiger partial charge in [-0.25, -0.2) is 0 Å². The van der Waals surface area contributed by atoms with Crippen molar-refractivity contribution in [2.75, 3.05) is 19.7 Å². The molecule has 2 saturated heterocycles. The molecule has 4 rings (SSSR count). The number of nitrogens with zero attached hydrogens (tertiary/aromatic N) is 2. The lowest BCUT2D eigenvalue weighted by Gasteiger charge is -2.44. The molecule has 0 aromatic heterocycles. The Morgan fingerprint density at radius 3 is 2.43 bits per heavy atom. The van der Waals surface area contributed by atoms with E-state index in [0.717, 1.165) is 17.7 Å². The minimum atomic E-state index is -4.49. The van der Waals surface area contributed by atoms with Gasteiger partial charge >= 0.3 is 6.18 Å². The van der Waals surface area contributed by atoms with Crippen LogP contribution in [0.5, 0.6) is 0 Å². The van der Waals surface area contributed by atoms with Crippen molar-refractivity contribution in [2.45, 2.75) is 57.6 Å². The highest BCUT2D eigenvalue weighted by Crippen LogP contribution is 2.39. The fourth-order valence-electron chi connectivity index (χ4n) is 5.00. The lowest BCUT2D eigenvalue weighted by molar-refractivity contribution is -0.143. The van der Waals surface area contributed by atoms with Crippen molar-refractivity contribution in [1.29, 1.82) is 0 Å². The van der Waals surface area contributed by atoms with Crippen molar-refractivity contribution >= 4 is 17.7 Å². The van der Waals surface area contributed by atoms with E-state index < -0.39 is 29.4 Å². The monoisotopic (exact) mass is 517 g/mol. The van der Waals surface area contributed by atoms with Crippen LogP contribution in [-0.4, -0.2) is 59.0 Å². The molecule has 198 valence electrons. The number of aryl methyl sites for hydroxylation is 1. The summed E-state index contributed by atoms with van der Waals surface area (Å²) in [6.07, 6.45) is -3.40. The molecular formula is C27H30F3N3O4. The second-order valence-corrected chi connectivity index (χ2v) is 9.41. The molecule has 2 aliphatic heterocycles. The Hall–Kier alpha value is -3.40. The van der Waals surface area contributed by atoms with Gasteiger partial charge in [-0.1, -0.05) is 37.3 Å².